The van der Waals surface area contributed by atoms with Crippen molar-refractivity contribution in [3.05, 3.63) is 25.9 Å². The third-order valence-corrected chi connectivity index (χ3v) is 3.03. The van der Waals surface area contributed by atoms with Crippen LogP contribution in [0.2, 0.25) is 0 Å². The summed E-state index contributed by atoms with van der Waals surface area (Å²) in [7, 11) is 0. The molecule has 0 aromatic carbocycles. The van der Waals surface area contributed by atoms with Gasteiger partial charge in [0.2, 0.25) is 0 Å². The second kappa shape index (κ2) is 4.71. The Bertz CT molecular complexity index is 465. The summed E-state index contributed by atoms with van der Waals surface area (Å²) in [6.07, 6.45) is -0.417. The van der Waals surface area contributed by atoms with Gasteiger partial charge >= 0.3 is 5.97 Å². The second-order valence-electron chi connectivity index (χ2n) is 2.93. The van der Waals surface area contributed by atoms with Gasteiger partial charge in [-0.3, -0.25) is 14.9 Å². The van der Waals surface area contributed by atoms with Crippen LogP contribution in [0.1, 0.15) is 16.7 Å². The minimum Gasteiger partial charge on any atom is -0.481 e. The van der Waals surface area contributed by atoms with E-state index in [2.05, 4.69) is 5.16 Å². The van der Waals surface area contributed by atoms with E-state index in [9.17, 15) is 14.9 Å². The van der Waals surface area contributed by atoms with Gasteiger partial charge in [0.1, 0.15) is 0 Å². The highest BCUT2D eigenvalue weighted by molar-refractivity contribution is 7.14. The molecule has 0 saturated heterocycles. The van der Waals surface area contributed by atoms with Crippen molar-refractivity contribution in [1.29, 1.82) is 0 Å². The van der Waals surface area contributed by atoms with Gasteiger partial charge in [-0.1, -0.05) is 5.16 Å². The van der Waals surface area contributed by atoms with E-state index < -0.39 is 17.3 Å². The molecule has 0 bridgehead atoms. The third-order valence-electron chi connectivity index (χ3n) is 1.80. The Labute approximate surface area is 93.8 Å². The number of rotatable bonds is 4. The molecular weight excluding hydrogens is 236 g/mol. The molecule has 2 N–H and O–H groups in total. The van der Waals surface area contributed by atoms with Crippen molar-refractivity contribution in [3.8, 4) is 0 Å². The molecule has 0 amide bonds. The standard InChI is InChI=1S/C8H8N2O5S/c1-4(9-13)6-2-5(10(14)15)7(16-6)3-8(11)12/h2,13H,3H2,1H3,(H,11,12)/b9-4-. The molecule has 0 radical (unpaired) electrons. The molecule has 1 aromatic heterocycles. The SMILES string of the molecule is C/C(=N/O)c1cc([N+](=O)[O-])c(CC(=O)O)s1. The molecule has 0 aliphatic heterocycles. The average Bonchev–Trinajstić information content (AvgIpc) is 2.59. The minimum absolute atomic E-state index is 0.135. The summed E-state index contributed by atoms with van der Waals surface area (Å²) < 4.78 is 0. The second-order valence-corrected chi connectivity index (χ2v) is 4.07. The van der Waals surface area contributed by atoms with Gasteiger partial charge in [0, 0.05) is 6.07 Å². The lowest BCUT2D eigenvalue weighted by molar-refractivity contribution is -0.385. The van der Waals surface area contributed by atoms with Crippen LogP contribution < -0.4 is 0 Å². The molecule has 1 rings (SSSR count). The first-order valence-corrected chi connectivity index (χ1v) is 4.95. The lowest BCUT2D eigenvalue weighted by Crippen LogP contribution is -2.00. The third kappa shape index (κ3) is 2.54. The van der Waals surface area contributed by atoms with Gasteiger partial charge in [-0.15, -0.1) is 11.3 Å². The van der Waals surface area contributed by atoms with E-state index in [1.54, 1.807) is 0 Å². The van der Waals surface area contributed by atoms with E-state index in [1.807, 2.05) is 0 Å². The van der Waals surface area contributed by atoms with Crippen molar-refractivity contribution in [2.75, 3.05) is 0 Å². The lowest BCUT2D eigenvalue weighted by Gasteiger charge is -1.90. The van der Waals surface area contributed by atoms with Crippen molar-refractivity contribution in [1.82, 2.24) is 0 Å². The van der Waals surface area contributed by atoms with Gasteiger partial charge in [-0.25, -0.2) is 0 Å². The maximum absolute atomic E-state index is 10.6. The number of carboxylic acids is 1. The fraction of sp³-hybridized carbons (Fsp3) is 0.250. The van der Waals surface area contributed by atoms with Crippen LogP contribution in [0.15, 0.2) is 11.2 Å². The van der Waals surface area contributed by atoms with E-state index in [-0.39, 0.29) is 16.3 Å². The Morgan fingerprint density at radius 3 is 2.75 bits per heavy atom. The Balaban J connectivity index is 3.20. The molecule has 0 atom stereocenters. The van der Waals surface area contributed by atoms with Crippen molar-refractivity contribution in [2.24, 2.45) is 5.16 Å². The maximum Gasteiger partial charge on any atom is 0.308 e. The van der Waals surface area contributed by atoms with Crippen LogP contribution >= 0.6 is 11.3 Å². The smallest absolute Gasteiger partial charge is 0.308 e. The number of oxime groups is 1. The predicted octanol–water partition coefficient (Wildman–Crippen LogP) is 1.48. The van der Waals surface area contributed by atoms with Gasteiger partial charge in [-0.05, 0) is 6.92 Å². The summed E-state index contributed by atoms with van der Waals surface area (Å²) in [5, 5.41) is 30.7. The van der Waals surface area contributed by atoms with Gasteiger partial charge in [0.15, 0.2) is 0 Å². The summed E-state index contributed by atoms with van der Waals surface area (Å²) in [5.41, 5.74) is -0.0462. The number of nitrogens with zero attached hydrogens (tertiary/aromatic N) is 2. The van der Waals surface area contributed by atoms with Crippen LogP contribution in [-0.4, -0.2) is 26.9 Å². The van der Waals surface area contributed by atoms with Crippen LogP contribution in [-0.2, 0) is 11.2 Å². The van der Waals surface area contributed by atoms with E-state index in [0.717, 1.165) is 11.3 Å². The molecule has 0 unspecified atom stereocenters. The molecule has 0 aliphatic carbocycles. The van der Waals surface area contributed by atoms with Crippen molar-refractivity contribution >= 4 is 28.7 Å². The molecule has 0 aliphatic rings. The highest BCUT2D eigenvalue weighted by Crippen LogP contribution is 2.30. The van der Waals surface area contributed by atoms with Crippen LogP contribution in [0.25, 0.3) is 0 Å². The molecule has 8 heteroatoms. The monoisotopic (exact) mass is 244 g/mol. The topological polar surface area (TPSA) is 113 Å². The molecular formula is C8H8N2O5S. The Morgan fingerprint density at radius 1 is 1.69 bits per heavy atom. The largest absolute Gasteiger partial charge is 0.481 e. The number of aliphatic carboxylic acids is 1. The van der Waals surface area contributed by atoms with Crippen LogP contribution in [0.3, 0.4) is 0 Å². The summed E-state index contributed by atoms with van der Waals surface area (Å²) in [5.74, 6) is -1.14. The molecule has 1 aromatic rings. The number of thiophene rings is 1. The lowest BCUT2D eigenvalue weighted by atomic mass is 10.2. The predicted molar refractivity (Wildman–Crippen MR) is 56.3 cm³/mol. The zero-order chi connectivity index (χ0) is 12.3. The number of hydrogen-bond donors (Lipinski definition) is 2. The summed E-state index contributed by atoms with van der Waals surface area (Å²) >= 11 is 0.936. The highest BCUT2D eigenvalue weighted by atomic mass is 32.1. The number of carboxylic acid groups (broad SMARTS) is 1. The van der Waals surface area contributed by atoms with Crippen molar-refractivity contribution in [2.45, 2.75) is 13.3 Å². The Morgan fingerprint density at radius 2 is 2.31 bits per heavy atom. The number of nitro groups is 1. The Kier molecular flexibility index (Phi) is 3.56. The maximum atomic E-state index is 10.6. The first kappa shape index (κ1) is 12.1. The number of hydrogen-bond acceptors (Lipinski definition) is 6. The van der Waals surface area contributed by atoms with Gasteiger partial charge < -0.3 is 10.3 Å². The zero-order valence-electron chi connectivity index (χ0n) is 8.21. The molecule has 0 spiro atoms. The van der Waals surface area contributed by atoms with Gasteiger partial charge in [0.05, 0.1) is 26.8 Å². The highest BCUT2D eigenvalue weighted by Gasteiger charge is 2.21. The fourth-order valence-corrected chi connectivity index (χ4v) is 2.12. The van der Waals surface area contributed by atoms with E-state index >= 15 is 0 Å². The van der Waals surface area contributed by atoms with E-state index in [4.69, 9.17) is 10.3 Å². The minimum atomic E-state index is -1.14. The zero-order valence-corrected chi connectivity index (χ0v) is 9.02. The average molecular weight is 244 g/mol. The quantitative estimate of drug-likeness (QED) is 0.360. The van der Waals surface area contributed by atoms with Gasteiger partial charge in [0.25, 0.3) is 5.69 Å². The molecule has 1 heterocycles. The Hall–Kier alpha value is -1.96. The van der Waals surface area contributed by atoms with Crippen molar-refractivity contribution < 1.29 is 20.0 Å². The summed E-state index contributed by atoms with van der Waals surface area (Å²) in [6.45, 7) is 1.47. The summed E-state index contributed by atoms with van der Waals surface area (Å²) in [6, 6.07) is 1.21. The van der Waals surface area contributed by atoms with Gasteiger partial charge in [-0.2, -0.15) is 0 Å². The first-order chi connectivity index (χ1) is 7.45. The van der Waals surface area contributed by atoms with E-state index in [1.165, 1.54) is 13.0 Å². The van der Waals surface area contributed by atoms with Crippen LogP contribution in [0.4, 0.5) is 5.69 Å². The molecule has 7 nitrogen and oxygen atoms in total. The van der Waals surface area contributed by atoms with Crippen LogP contribution in [0, 0.1) is 10.1 Å². The molecule has 0 saturated carbocycles. The van der Waals surface area contributed by atoms with E-state index in [0.29, 0.717) is 4.88 Å². The summed E-state index contributed by atoms with van der Waals surface area (Å²) in [4.78, 5) is 21.0. The molecule has 86 valence electrons. The van der Waals surface area contributed by atoms with Crippen LogP contribution in [0.5, 0.6) is 0 Å². The first-order valence-electron chi connectivity index (χ1n) is 4.13. The fourth-order valence-electron chi connectivity index (χ4n) is 1.07. The normalized spacial score (nSPS) is 11.4. The molecule has 0 fully saturated rings. The van der Waals surface area contributed by atoms with Crippen molar-refractivity contribution in [3.63, 3.8) is 0 Å². The molecule has 16 heavy (non-hydrogen) atoms. The number of carbonyl (C=O) groups is 1.